The molecule has 1 aliphatic heterocycles. The van der Waals surface area contributed by atoms with Crippen molar-refractivity contribution in [3.05, 3.63) is 123 Å². The van der Waals surface area contributed by atoms with E-state index in [2.05, 4.69) is 59.7 Å². The van der Waals surface area contributed by atoms with Crippen molar-refractivity contribution in [3.63, 3.8) is 0 Å². The van der Waals surface area contributed by atoms with Gasteiger partial charge in [-0.15, -0.1) is 11.8 Å². The highest BCUT2D eigenvalue weighted by atomic mass is 35.5. The van der Waals surface area contributed by atoms with Crippen LogP contribution in [0.1, 0.15) is 55.0 Å². The summed E-state index contributed by atoms with van der Waals surface area (Å²) in [5, 5.41) is 15.8. The average molecular weight is 689 g/mol. The molecule has 0 spiro atoms. The van der Waals surface area contributed by atoms with Gasteiger partial charge in [-0.1, -0.05) is 79.5 Å². The van der Waals surface area contributed by atoms with Crippen molar-refractivity contribution in [3.8, 4) is 5.75 Å². The summed E-state index contributed by atoms with van der Waals surface area (Å²) in [4.78, 5) is 21.8. The third kappa shape index (κ3) is 7.61. The van der Waals surface area contributed by atoms with Gasteiger partial charge in [0.2, 0.25) is 6.61 Å². The van der Waals surface area contributed by atoms with E-state index in [0.29, 0.717) is 28.3 Å². The largest absolute Gasteiger partial charge is 0.479 e. The summed E-state index contributed by atoms with van der Waals surface area (Å²) in [5.74, 6) is -0.237. The zero-order valence-electron chi connectivity index (χ0n) is 26.3. The van der Waals surface area contributed by atoms with E-state index < -0.39 is 24.1 Å². The molecular formula is C37H35Cl2N3O4S. The first-order chi connectivity index (χ1) is 22.6. The summed E-state index contributed by atoms with van der Waals surface area (Å²) in [7, 11) is 0. The summed E-state index contributed by atoms with van der Waals surface area (Å²) in [6.07, 6.45) is 4.56. The number of nitrogens with zero attached hydrogens (tertiary/aromatic N) is 3. The Morgan fingerprint density at radius 3 is 2.49 bits per heavy atom. The van der Waals surface area contributed by atoms with Crippen LogP contribution >= 0.6 is 35.0 Å². The molecule has 0 amide bonds. The Labute approximate surface area is 288 Å². The minimum atomic E-state index is -1.07. The predicted octanol–water partition coefficient (Wildman–Crippen LogP) is 9.25. The van der Waals surface area contributed by atoms with Crippen LogP contribution in [0.3, 0.4) is 0 Å². The lowest BCUT2D eigenvalue weighted by Crippen LogP contribution is -2.21. The highest BCUT2D eigenvalue weighted by Gasteiger charge is 2.32. The normalized spacial score (nSPS) is 15.2. The summed E-state index contributed by atoms with van der Waals surface area (Å²) >= 11 is 14.4. The van der Waals surface area contributed by atoms with E-state index in [0.717, 1.165) is 34.5 Å². The number of carboxylic acids is 1. The molecule has 0 saturated heterocycles. The molecule has 3 heterocycles. The van der Waals surface area contributed by atoms with Gasteiger partial charge in [-0.05, 0) is 72.5 Å². The van der Waals surface area contributed by atoms with E-state index in [1.165, 1.54) is 21.5 Å². The summed E-state index contributed by atoms with van der Waals surface area (Å²) < 4.78 is 9.32. The number of thioether (sulfide) groups is 1. The van der Waals surface area contributed by atoms with Gasteiger partial charge in [0.1, 0.15) is 5.75 Å². The molecule has 0 radical (unpaired) electrons. The van der Waals surface area contributed by atoms with Crippen molar-refractivity contribution in [2.75, 3.05) is 6.61 Å². The minimum absolute atomic E-state index is 0.306. The zero-order valence-corrected chi connectivity index (χ0v) is 28.6. The monoisotopic (exact) mass is 687 g/mol. The van der Waals surface area contributed by atoms with Crippen LogP contribution in [0.25, 0.3) is 10.9 Å². The molecule has 0 fully saturated rings. The Morgan fingerprint density at radius 1 is 1.09 bits per heavy atom. The number of carboxylic acid groups (broad SMARTS) is 1. The first kappa shape index (κ1) is 32.9. The SMILES string of the molecule is CC1Cc2c(OC(c3ccc(Cl)cc3)c3ccccn3)ccc3c2c(c(CC(C)(C)C=NOCC(=O)O)n3Cc2ccc(Cl)cc2)S1. The maximum Gasteiger partial charge on any atom is 0.344 e. The van der Waals surface area contributed by atoms with E-state index in [-0.39, 0.29) is 0 Å². The Bertz CT molecular complexity index is 1910. The average Bonchev–Trinajstić information content (AvgIpc) is 3.32. The lowest BCUT2D eigenvalue weighted by atomic mass is 9.89. The molecule has 3 aromatic carbocycles. The third-order valence-corrected chi connectivity index (χ3v) is 9.83. The molecule has 6 rings (SSSR count). The first-order valence-corrected chi connectivity index (χ1v) is 17.0. The predicted molar refractivity (Wildman–Crippen MR) is 189 cm³/mol. The van der Waals surface area contributed by atoms with Gasteiger partial charge in [-0.2, -0.15) is 0 Å². The van der Waals surface area contributed by atoms with Crippen LogP contribution in [0.15, 0.2) is 95.1 Å². The number of pyridine rings is 1. The van der Waals surface area contributed by atoms with E-state index in [1.54, 1.807) is 12.4 Å². The number of aliphatic carboxylic acids is 1. The van der Waals surface area contributed by atoms with Crippen LogP contribution < -0.4 is 4.74 Å². The van der Waals surface area contributed by atoms with Crippen molar-refractivity contribution in [2.45, 2.75) is 56.4 Å². The minimum Gasteiger partial charge on any atom is -0.479 e. The Morgan fingerprint density at radius 2 is 1.81 bits per heavy atom. The van der Waals surface area contributed by atoms with Gasteiger partial charge in [0, 0.05) is 61.2 Å². The van der Waals surface area contributed by atoms with Gasteiger partial charge in [0.25, 0.3) is 0 Å². The summed E-state index contributed by atoms with van der Waals surface area (Å²) in [5.41, 5.74) is 5.96. The van der Waals surface area contributed by atoms with Crippen LogP contribution in [0.5, 0.6) is 5.75 Å². The summed E-state index contributed by atoms with van der Waals surface area (Å²) in [6.45, 7) is 6.57. The molecule has 0 saturated carbocycles. The highest BCUT2D eigenvalue weighted by molar-refractivity contribution is 8.00. The van der Waals surface area contributed by atoms with Gasteiger partial charge in [0.15, 0.2) is 6.10 Å². The molecule has 5 aromatic rings. The number of benzene rings is 3. The molecular weight excluding hydrogens is 653 g/mol. The smallest absolute Gasteiger partial charge is 0.344 e. The number of hydrogen-bond acceptors (Lipinski definition) is 6. The molecule has 2 aromatic heterocycles. The van der Waals surface area contributed by atoms with Crippen molar-refractivity contribution in [2.24, 2.45) is 10.6 Å². The van der Waals surface area contributed by atoms with Gasteiger partial charge in [0.05, 0.1) is 11.2 Å². The molecule has 1 aliphatic rings. The molecule has 47 heavy (non-hydrogen) atoms. The second kappa shape index (κ2) is 14.0. The number of oxime groups is 1. The molecule has 1 N–H and O–H groups in total. The number of aromatic nitrogens is 2. The van der Waals surface area contributed by atoms with E-state index >= 15 is 0 Å². The maximum atomic E-state index is 10.9. The quantitative estimate of drug-likeness (QED) is 0.104. The molecule has 2 unspecified atom stereocenters. The van der Waals surface area contributed by atoms with Crippen LogP contribution in [0.4, 0.5) is 0 Å². The van der Waals surface area contributed by atoms with Gasteiger partial charge < -0.3 is 19.2 Å². The fourth-order valence-electron chi connectivity index (χ4n) is 5.95. The van der Waals surface area contributed by atoms with Crippen molar-refractivity contribution in [1.82, 2.24) is 9.55 Å². The molecule has 0 bridgehead atoms. The fraction of sp³-hybridized carbons (Fsp3) is 0.270. The number of rotatable bonds is 12. The maximum absolute atomic E-state index is 10.9. The Balaban J connectivity index is 1.47. The van der Waals surface area contributed by atoms with Gasteiger partial charge in [-0.3, -0.25) is 4.98 Å². The Kier molecular flexibility index (Phi) is 9.82. The van der Waals surface area contributed by atoms with Crippen LogP contribution in [0, 0.1) is 5.41 Å². The van der Waals surface area contributed by atoms with E-state index in [1.807, 2.05) is 66.4 Å². The number of halogens is 2. The molecule has 0 aliphatic carbocycles. The lowest BCUT2D eigenvalue weighted by molar-refractivity contribution is -0.142. The molecule has 10 heteroatoms. The molecule has 242 valence electrons. The zero-order chi connectivity index (χ0) is 33.1. The van der Waals surface area contributed by atoms with Crippen LogP contribution in [-0.2, 0) is 29.0 Å². The molecule has 7 nitrogen and oxygen atoms in total. The van der Waals surface area contributed by atoms with Crippen LogP contribution in [-0.4, -0.2) is 38.7 Å². The van der Waals surface area contributed by atoms with Crippen molar-refractivity contribution in [1.29, 1.82) is 0 Å². The number of carbonyl (C=O) groups is 1. The van der Waals surface area contributed by atoms with Crippen molar-refractivity contribution < 1.29 is 19.5 Å². The highest BCUT2D eigenvalue weighted by Crippen LogP contribution is 2.48. The Hall–Kier alpha value is -3.98. The second-order valence-electron chi connectivity index (χ2n) is 12.4. The number of ether oxygens (including phenoxy) is 1. The lowest BCUT2D eigenvalue weighted by Gasteiger charge is -2.26. The summed E-state index contributed by atoms with van der Waals surface area (Å²) in [6, 6.07) is 25.8. The van der Waals surface area contributed by atoms with Crippen molar-refractivity contribution >= 4 is 58.1 Å². The van der Waals surface area contributed by atoms with E-state index in [9.17, 15) is 4.79 Å². The van der Waals surface area contributed by atoms with Gasteiger partial charge >= 0.3 is 5.97 Å². The third-order valence-electron chi connectivity index (χ3n) is 8.08. The standard InChI is InChI=1S/C37H35Cl2N3O4S/c1-23-18-28-32(46-35(29-6-4-5-17-40-29)25-9-13-27(39)14-10-25)16-15-30-34(28)36(47-23)31(19-37(2,3)22-41-45-21-33(43)44)42(30)20-24-7-11-26(38)12-8-24/h4-17,22-23,35H,18-21H2,1-3H3,(H,43,44). The second-order valence-corrected chi connectivity index (χ2v) is 14.8. The fourth-order valence-corrected chi connectivity index (χ4v) is 7.52. The van der Waals surface area contributed by atoms with Crippen LogP contribution in [0.2, 0.25) is 10.0 Å². The van der Waals surface area contributed by atoms with E-state index in [4.69, 9.17) is 37.9 Å². The van der Waals surface area contributed by atoms with Gasteiger partial charge in [-0.25, -0.2) is 4.79 Å². The topological polar surface area (TPSA) is 85.9 Å². The number of hydrogen-bond donors (Lipinski definition) is 1. The molecule has 2 atom stereocenters. The first-order valence-electron chi connectivity index (χ1n) is 15.4.